The molecular formula is C90H102O6. The van der Waals surface area contributed by atoms with E-state index in [4.69, 9.17) is 28.4 Å². The first-order chi connectivity index (χ1) is 45.3. The zero-order valence-electron chi connectivity index (χ0n) is 60.8. The summed E-state index contributed by atoms with van der Waals surface area (Å²) in [7, 11) is 0. The summed E-state index contributed by atoms with van der Waals surface area (Å²) in [4.78, 5) is 0. The topological polar surface area (TPSA) is 55.4 Å². The third-order valence-corrected chi connectivity index (χ3v) is 20.4. The summed E-state index contributed by atoms with van der Waals surface area (Å²) in [6.07, 6.45) is 3.41. The van der Waals surface area contributed by atoms with Crippen molar-refractivity contribution in [1.82, 2.24) is 0 Å². The summed E-state index contributed by atoms with van der Waals surface area (Å²) in [6, 6.07) is 55.5. The standard InChI is InChI=1S/C90H102O6/c1-85(2,3)73-37-61-31-65-41-75(87(7,8)9)45-69-35-71-47-77(89(13,14)15)43-67(83(71)95-53-59-28-21-19-26-57(59)51-93-81(65)69)33-63-39-74(86(4,5)6)40-64-34-68-44-78(90(16,17)18)48-72-36-70-46-76(88(10,11)12)42-66(82(70)94-52-58-27-20-22-29-60(58)54-96-84(68)72)32-62(38-73)79(61)91-49-55-24-23-25-56(30-55)50-92-80(63)64/h19-30,37-48H,31-36,49-54H2,1-18H3. The molecule has 13 rings (SSSR count). The Morgan fingerprint density at radius 3 is 0.521 bits per heavy atom. The van der Waals surface area contributed by atoms with Crippen molar-refractivity contribution in [2.45, 2.75) is 235 Å². The molecule has 6 heteroatoms. The fourth-order valence-corrected chi connectivity index (χ4v) is 14.4. The lowest BCUT2D eigenvalue weighted by molar-refractivity contribution is 0.282. The molecule has 498 valence electrons. The molecule has 4 heterocycles. The largest absolute Gasteiger partial charge is 0.488 e. The van der Waals surface area contributed by atoms with Crippen LogP contribution in [0.15, 0.2) is 146 Å². The molecule has 0 spiro atoms. The van der Waals surface area contributed by atoms with Gasteiger partial charge in [-0.15, -0.1) is 0 Å². The Morgan fingerprint density at radius 1 is 0.188 bits per heavy atom. The molecule has 0 unspecified atom stereocenters. The summed E-state index contributed by atoms with van der Waals surface area (Å²) in [6.45, 7) is 44.4. The Kier molecular flexibility index (Phi) is 17.3. The van der Waals surface area contributed by atoms with Crippen molar-refractivity contribution in [1.29, 1.82) is 0 Å². The molecule has 9 aromatic rings. The fourth-order valence-electron chi connectivity index (χ4n) is 14.4. The van der Waals surface area contributed by atoms with Gasteiger partial charge in [-0.2, -0.15) is 0 Å². The van der Waals surface area contributed by atoms with Gasteiger partial charge in [-0.25, -0.2) is 0 Å². The summed E-state index contributed by atoms with van der Waals surface area (Å²) in [5.41, 5.74) is 26.2. The van der Waals surface area contributed by atoms with E-state index < -0.39 is 0 Å². The Balaban J connectivity index is 1.21. The monoisotopic (exact) mass is 1280 g/mol. The van der Waals surface area contributed by atoms with Gasteiger partial charge >= 0.3 is 0 Å². The minimum Gasteiger partial charge on any atom is -0.488 e. The van der Waals surface area contributed by atoms with Crippen molar-refractivity contribution in [3.05, 3.63) is 279 Å². The second kappa shape index (κ2) is 25.0. The van der Waals surface area contributed by atoms with E-state index in [1.165, 1.54) is 33.4 Å². The van der Waals surface area contributed by atoms with Gasteiger partial charge in [-0.1, -0.05) is 264 Å². The Labute approximate surface area is 574 Å². The molecule has 96 heavy (non-hydrogen) atoms. The van der Waals surface area contributed by atoms with Gasteiger partial charge in [0.2, 0.25) is 0 Å². The van der Waals surface area contributed by atoms with E-state index in [-0.39, 0.29) is 32.5 Å². The van der Waals surface area contributed by atoms with E-state index in [0.29, 0.717) is 78.2 Å². The molecule has 0 N–H and O–H groups in total. The molecular weight excluding hydrogens is 1180 g/mol. The number of rotatable bonds is 0. The van der Waals surface area contributed by atoms with Crippen LogP contribution in [0.25, 0.3) is 0 Å². The minimum atomic E-state index is -0.231. The molecule has 9 aromatic carbocycles. The summed E-state index contributed by atoms with van der Waals surface area (Å²) < 4.78 is 45.6. The van der Waals surface area contributed by atoms with E-state index in [2.05, 4.69) is 270 Å². The van der Waals surface area contributed by atoms with Crippen molar-refractivity contribution in [2.75, 3.05) is 0 Å². The van der Waals surface area contributed by atoms with Crippen LogP contribution in [-0.4, -0.2) is 0 Å². The Hall–Kier alpha value is -8.22. The zero-order chi connectivity index (χ0) is 68.0. The van der Waals surface area contributed by atoms with Crippen LogP contribution in [0.2, 0.25) is 0 Å². The first-order valence-electron chi connectivity index (χ1n) is 35.2. The maximum absolute atomic E-state index is 7.68. The third-order valence-electron chi connectivity index (χ3n) is 20.4. The molecule has 0 aliphatic carbocycles. The molecule has 0 aromatic heterocycles. The second-order valence-corrected chi connectivity index (χ2v) is 34.4. The van der Waals surface area contributed by atoms with Crippen LogP contribution < -0.4 is 28.4 Å². The lowest BCUT2D eigenvalue weighted by Crippen LogP contribution is -2.17. The van der Waals surface area contributed by atoms with Gasteiger partial charge in [-0.3, -0.25) is 0 Å². The van der Waals surface area contributed by atoms with Crippen molar-refractivity contribution in [3.63, 3.8) is 0 Å². The van der Waals surface area contributed by atoms with Crippen LogP contribution in [-0.2, 0) is 111 Å². The third kappa shape index (κ3) is 14.0. The highest BCUT2D eigenvalue weighted by atomic mass is 16.5. The number of fused-ring (bicyclic) bond motifs is 4. The van der Waals surface area contributed by atoms with E-state index in [1.807, 2.05) is 0 Å². The van der Waals surface area contributed by atoms with Crippen LogP contribution >= 0.6 is 0 Å². The normalized spacial score (nSPS) is 15.2. The number of hydrogen-bond donors (Lipinski definition) is 0. The van der Waals surface area contributed by atoms with Crippen LogP contribution in [0.1, 0.15) is 258 Å². The van der Waals surface area contributed by atoms with Gasteiger partial charge in [0.1, 0.15) is 74.1 Å². The summed E-state index contributed by atoms with van der Waals surface area (Å²) >= 11 is 0. The first kappa shape index (κ1) is 66.4. The average molecular weight is 1280 g/mol. The predicted octanol–water partition coefficient (Wildman–Crippen LogP) is 21.7. The van der Waals surface area contributed by atoms with E-state index in [1.54, 1.807) is 0 Å². The molecule has 0 saturated heterocycles. The lowest BCUT2D eigenvalue weighted by Gasteiger charge is -2.29. The highest BCUT2D eigenvalue weighted by Gasteiger charge is 2.33. The van der Waals surface area contributed by atoms with E-state index in [9.17, 15) is 0 Å². The maximum Gasteiger partial charge on any atom is 0.126 e. The molecule has 0 radical (unpaired) electrons. The van der Waals surface area contributed by atoms with Gasteiger partial charge < -0.3 is 28.4 Å². The number of hydrogen-bond acceptors (Lipinski definition) is 6. The fraction of sp³-hybridized carbons (Fsp3) is 0.400. The average Bonchev–Trinajstić information content (AvgIpc) is 0.930. The predicted molar refractivity (Wildman–Crippen MR) is 393 cm³/mol. The second-order valence-electron chi connectivity index (χ2n) is 34.4. The Bertz CT molecular complexity index is 3960. The smallest absolute Gasteiger partial charge is 0.126 e. The van der Waals surface area contributed by atoms with Crippen LogP contribution in [0.4, 0.5) is 0 Å². The summed E-state index contributed by atoms with van der Waals surface area (Å²) in [5.74, 6) is 5.41. The highest BCUT2D eigenvalue weighted by Crippen LogP contribution is 2.48. The summed E-state index contributed by atoms with van der Waals surface area (Å²) in [5, 5.41) is 0. The van der Waals surface area contributed by atoms with Crippen LogP contribution in [0.3, 0.4) is 0 Å². The molecule has 0 saturated carbocycles. The van der Waals surface area contributed by atoms with Crippen molar-refractivity contribution in [3.8, 4) is 34.5 Å². The van der Waals surface area contributed by atoms with Crippen LogP contribution in [0.5, 0.6) is 34.5 Å². The highest BCUT2D eigenvalue weighted by molar-refractivity contribution is 5.62. The Morgan fingerprint density at radius 2 is 0.354 bits per heavy atom. The first-order valence-corrected chi connectivity index (χ1v) is 35.2. The van der Waals surface area contributed by atoms with Crippen molar-refractivity contribution >= 4 is 0 Å². The molecule has 16 bridgehead atoms. The quantitative estimate of drug-likeness (QED) is 0.151. The molecule has 0 amide bonds. The van der Waals surface area contributed by atoms with Gasteiger partial charge in [0, 0.05) is 38.5 Å². The SMILES string of the molecule is CC(C)(C)c1cc2c3c(c1)Cc1cc(C(C)(C)C)cc4c1OCc1ccccc1COc1c(cc(C(C)(C)C)cc1C4)Cc1cc(C(C)(C)C)cc(c1OCc1cccc(c1)CO3)Cc1cc(C(C)(C)C)cc3c1OCc1ccccc1COc1c(cc(C(C)(C)C)cc1C3)C2. The number of benzene rings is 9. The maximum atomic E-state index is 7.68. The molecule has 6 nitrogen and oxygen atoms in total. The molecule has 0 atom stereocenters. The van der Waals surface area contributed by atoms with E-state index >= 15 is 0 Å². The van der Waals surface area contributed by atoms with Gasteiger partial charge in [0.05, 0.1) is 0 Å². The van der Waals surface area contributed by atoms with Gasteiger partial charge in [-0.05, 0) is 172 Å². The minimum absolute atomic E-state index is 0.209. The lowest BCUT2D eigenvalue weighted by atomic mass is 9.79. The number of ether oxygens (including phenoxy) is 6. The van der Waals surface area contributed by atoms with Gasteiger partial charge in [0.25, 0.3) is 0 Å². The van der Waals surface area contributed by atoms with Gasteiger partial charge in [0.15, 0.2) is 0 Å². The molecule has 4 aliphatic rings. The van der Waals surface area contributed by atoms with E-state index in [0.717, 1.165) is 135 Å². The zero-order valence-corrected chi connectivity index (χ0v) is 60.8. The van der Waals surface area contributed by atoms with Crippen LogP contribution in [0, 0.1) is 0 Å². The molecule has 4 aliphatic heterocycles. The van der Waals surface area contributed by atoms with Crippen molar-refractivity contribution in [2.24, 2.45) is 0 Å². The molecule has 0 fully saturated rings. The van der Waals surface area contributed by atoms with Crippen molar-refractivity contribution < 1.29 is 28.4 Å².